The molecule has 6 fully saturated rings. The van der Waals surface area contributed by atoms with Crippen LogP contribution in [0.4, 0.5) is 38.5 Å². The third-order valence-electron chi connectivity index (χ3n) is 29.3. The van der Waals surface area contributed by atoms with Crippen LogP contribution in [0.3, 0.4) is 0 Å². The Bertz CT molecular complexity index is 6400. The molecule has 0 radical (unpaired) electrons. The van der Waals surface area contributed by atoms with E-state index in [-0.39, 0.29) is 91.1 Å². The zero-order valence-corrected chi connectivity index (χ0v) is 80.0. The standard InChI is InChI=1S/C36H40FN7O2.2C36H41N7O2/c1-5-32(45)44-17-16-43(20-26(44)12-14-38)34-28-13-15-42(31-11-7-10-25-9-6-8-24(2)33(25)31)21-30(28)40-35(29(34)19-39)46-22-27-18-36(3,37)23-41(27)4;1-6-32(44)43-18-17-42(20-26(43)13-15-37)34-27-14-16-41(30-12-8-11-25-10-7-9-24(2)33(25)30)21-29(27)39-35(28(34)19-38)45-22-31-36(3,4)23-40(31)5;1-5-33(44)43-17-16-42(21-27(43)12-14-37)35-29-13-15-41(32-11-7-10-26-9-6-8-25(3)34(26)32)22-31(29)39-36(30(35)19-38)45-23-28-18-24(2)20-40(28)4/h5-11,26-27H,1,12-13,15-18,20-23H2,2-4H3;6-12,26,31H,1,13-14,16-18,20-23H2,2-5H3;5-11,24,27-28H,1,12-13,15-18,20-23H2,2-4H3/t26-,27-,36?;26-,31?;24-,27-,28-/m000/s1. The zero-order valence-electron chi connectivity index (χ0n) is 80.0. The molecule has 3 aromatic heterocycles. The SMILES string of the molecule is C=CC(=O)N1CCN(c2c(C#N)c(OCC3N(C)CC3(C)C)nc3c2CCN(c2cccc4cccc(C)c24)C3)C[C@@H]1CC#N.C=CC(=O)N1CCN(c2c(C#N)c(OC[C@@H]3CC(C)(F)CN3C)nc3c2CCN(c2cccc4cccc(C)c24)C3)C[C@@H]1CC#N.C=CC(=O)N1CCN(c2c(C#N)c(OC[C@@H]3C[C@H](C)CN3C)nc3c2CCN(c2cccc4cccc(C)c24)C3)C[C@@H]1CC#N. The van der Waals surface area contributed by atoms with Gasteiger partial charge >= 0.3 is 0 Å². The molecule has 9 aromatic rings. The highest BCUT2D eigenvalue weighted by Gasteiger charge is 2.46. The average Bonchev–Trinajstić information content (AvgIpc) is 0.796. The number of nitriles is 6. The fraction of sp³-hybridized carbons (Fsp3) is 0.444. The second-order valence-corrected chi connectivity index (χ2v) is 39.0. The second-order valence-electron chi connectivity index (χ2n) is 39.0. The lowest BCUT2D eigenvalue weighted by Gasteiger charge is -2.52. The number of carbonyl (C=O) groups excluding carboxylic acids is 3. The van der Waals surface area contributed by atoms with E-state index in [1.54, 1.807) is 21.6 Å². The zero-order chi connectivity index (χ0) is 96.1. The van der Waals surface area contributed by atoms with E-state index in [1.807, 2.05) is 11.9 Å². The molecule has 8 atom stereocenters. The highest BCUT2D eigenvalue weighted by Crippen LogP contribution is 2.47. The molecule has 0 saturated carbocycles. The molecule has 6 aromatic carbocycles. The lowest BCUT2D eigenvalue weighted by molar-refractivity contribution is -0.129. The first kappa shape index (κ1) is 95.3. The van der Waals surface area contributed by atoms with Crippen molar-refractivity contribution in [1.82, 2.24) is 44.4 Å². The van der Waals surface area contributed by atoms with Crippen LogP contribution < -0.4 is 43.6 Å². The van der Waals surface area contributed by atoms with Crippen LogP contribution in [0.2, 0.25) is 0 Å². The number of hydrogen-bond acceptors (Lipinski definition) is 24. The fourth-order valence-corrected chi connectivity index (χ4v) is 22.7. The molecule has 136 heavy (non-hydrogen) atoms. The van der Waals surface area contributed by atoms with E-state index in [2.05, 4.69) is 260 Å². The third kappa shape index (κ3) is 19.3. The van der Waals surface area contributed by atoms with E-state index in [0.717, 1.165) is 95.7 Å². The molecule has 0 aliphatic carbocycles. The Labute approximate surface area is 798 Å². The lowest BCUT2D eigenvalue weighted by Crippen LogP contribution is -2.62. The summed E-state index contributed by atoms with van der Waals surface area (Å²) < 4.78 is 34.1. The van der Waals surface area contributed by atoms with Crippen LogP contribution in [-0.2, 0) is 53.3 Å². The van der Waals surface area contributed by atoms with Crippen molar-refractivity contribution in [2.24, 2.45) is 11.3 Å². The number of fused-ring (bicyclic) bond motifs is 6. The van der Waals surface area contributed by atoms with Crippen molar-refractivity contribution in [3.05, 3.63) is 214 Å². The molecule has 0 bridgehead atoms. The predicted molar refractivity (Wildman–Crippen MR) is 529 cm³/mol. The molecule has 2 unspecified atom stereocenters. The smallest absolute Gasteiger partial charge is 0.246 e. The Kier molecular flexibility index (Phi) is 28.5. The first-order valence-electron chi connectivity index (χ1n) is 47.5. The maximum Gasteiger partial charge on any atom is 0.246 e. The molecule has 9 aliphatic rings. The number of aryl methyl sites for hydroxylation is 3. The lowest BCUT2D eigenvalue weighted by atomic mass is 9.76. The van der Waals surface area contributed by atoms with Gasteiger partial charge in [0.25, 0.3) is 0 Å². The minimum Gasteiger partial charge on any atom is -0.475 e. The minimum absolute atomic E-state index is 0.111. The largest absolute Gasteiger partial charge is 0.475 e. The van der Waals surface area contributed by atoms with Gasteiger partial charge in [-0.15, -0.1) is 0 Å². The van der Waals surface area contributed by atoms with Crippen LogP contribution in [0, 0.1) is 100 Å². The number of carbonyl (C=O) groups is 3. The molecular weight excluding hydrogens is 1710 g/mol. The normalized spacial score (nSPS) is 21.9. The average molecular weight is 1830 g/mol. The number of halogens is 1. The maximum absolute atomic E-state index is 14.8. The number of pyridine rings is 3. The summed E-state index contributed by atoms with van der Waals surface area (Å²) in [6, 6.07) is 51.8. The van der Waals surface area contributed by atoms with Gasteiger partial charge in [-0.2, -0.15) is 31.6 Å². The van der Waals surface area contributed by atoms with E-state index in [4.69, 9.17) is 29.2 Å². The first-order valence-corrected chi connectivity index (χ1v) is 47.5. The van der Waals surface area contributed by atoms with Gasteiger partial charge in [0.15, 0.2) is 0 Å². The molecule has 28 heteroatoms. The fourth-order valence-electron chi connectivity index (χ4n) is 22.7. The summed E-state index contributed by atoms with van der Waals surface area (Å²) in [6.45, 7) is 37.3. The summed E-state index contributed by atoms with van der Waals surface area (Å²) in [5.74, 6) is 1.01. The number of likely N-dealkylation sites (N-methyl/N-ethyl adjacent to an activating group) is 3. The molecule has 6 saturated heterocycles. The van der Waals surface area contributed by atoms with Crippen molar-refractivity contribution in [3.8, 4) is 54.1 Å². The van der Waals surface area contributed by atoms with Gasteiger partial charge in [-0.1, -0.05) is 132 Å². The summed E-state index contributed by atoms with van der Waals surface area (Å²) in [5, 5.41) is 67.9. The van der Waals surface area contributed by atoms with Crippen molar-refractivity contribution in [2.75, 3.05) is 169 Å². The third-order valence-corrected chi connectivity index (χ3v) is 29.3. The molecule has 0 spiro atoms. The Balaban J connectivity index is 0.000000148. The van der Waals surface area contributed by atoms with Crippen molar-refractivity contribution in [2.45, 2.75) is 161 Å². The number of piperazine rings is 3. The van der Waals surface area contributed by atoms with E-state index in [9.17, 15) is 50.3 Å². The summed E-state index contributed by atoms with van der Waals surface area (Å²) in [6.07, 6.45) is 7.94. The highest BCUT2D eigenvalue weighted by molar-refractivity contribution is 6.00. The van der Waals surface area contributed by atoms with Gasteiger partial charge in [-0.05, 0) is 155 Å². The summed E-state index contributed by atoms with van der Waals surface area (Å²) >= 11 is 0. The van der Waals surface area contributed by atoms with E-state index in [0.29, 0.717) is 158 Å². The molecule has 702 valence electrons. The van der Waals surface area contributed by atoms with Gasteiger partial charge in [0.2, 0.25) is 35.4 Å². The van der Waals surface area contributed by atoms with Crippen molar-refractivity contribution >= 4 is 84.2 Å². The number of alkyl halides is 1. The van der Waals surface area contributed by atoms with Gasteiger partial charge < -0.3 is 58.3 Å². The second kappa shape index (κ2) is 40.7. The predicted octanol–water partition coefficient (Wildman–Crippen LogP) is 14.5. The maximum atomic E-state index is 14.8. The van der Waals surface area contributed by atoms with Gasteiger partial charge in [-0.3, -0.25) is 29.1 Å². The van der Waals surface area contributed by atoms with Gasteiger partial charge in [0.05, 0.1) is 109 Å². The van der Waals surface area contributed by atoms with Crippen LogP contribution in [0.5, 0.6) is 17.6 Å². The number of ether oxygens (including phenoxy) is 3. The molecule has 27 nitrogen and oxygen atoms in total. The van der Waals surface area contributed by atoms with Crippen LogP contribution in [-0.4, -0.2) is 243 Å². The molecule has 3 amide bonds. The summed E-state index contributed by atoms with van der Waals surface area (Å²) in [5.41, 5.74) is 15.4. The topological polar surface area (TPSA) is 299 Å². The molecule has 0 N–H and O–H groups in total. The monoisotopic (exact) mass is 1830 g/mol. The van der Waals surface area contributed by atoms with Gasteiger partial charge in [-0.25, -0.2) is 19.3 Å². The van der Waals surface area contributed by atoms with E-state index < -0.39 is 5.67 Å². The van der Waals surface area contributed by atoms with Crippen LogP contribution in [0.15, 0.2) is 147 Å². The Hall–Kier alpha value is -13.9. The number of anilines is 6. The molecule has 9 aliphatic heterocycles. The summed E-state index contributed by atoms with van der Waals surface area (Å²) in [4.78, 5) is 78.4. The molecule has 12 heterocycles. The van der Waals surface area contributed by atoms with Crippen molar-refractivity contribution < 1.29 is 33.0 Å². The molecule has 18 rings (SSSR count). The Morgan fingerprint density at radius 2 is 0.772 bits per heavy atom. The number of nitrogens with zero attached hydrogens (tertiary/aromatic N) is 21. The van der Waals surface area contributed by atoms with Crippen LogP contribution in [0.25, 0.3) is 32.3 Å². The minimum atomic E-state index is -1.30. The van der Waals surface area contributed by atoms with Crippen molar-refractivity contribution in [3.63, 3.8) is 0 Å². The van der Waals surface area contributed by atoms with Gasteiger partial charge in [0, 0.05) is 173 Å². The number of hydrogen-bond donors (Lipinski definition) is 0. The summed E-state index contributed by atoms with van der Waals surface area (Å²) in [7, 11) is 6.11. The first-order chi connectivity index (χ1) is 65.6. The number of amides is 3. The van der Waals surface area contributed by atoms with Crippen LogP contribution >= 0.6 is 0 Å². The van der Waals surface area contributed by atoms with Gasteiger partial charge in [0.1, 0.15) is 60.4 Å². The molecular formula is C108H122FN21O6. The quantitative estimate of drug-likeness (QED) is 0.0604. The number of rotatable bonds is 21. The number of benzene rings is 6. The van der Waals surface area contributed by atoms with E-state index >= 15 is 0 Å². The number of likely N-dealkylation sites (tertiary alicyclic amines) is 3. The Morgan fingerprint density at radius 1 is 0.434 bits per heavy atom. The Morgan fingerprint density at radius 3 is 1.07 bits per heavy atom. The van der Waals surface area contributed by atoms with E-state index in [1.165, 1.54) is 78.6 Å². The highest BCUT2D eigenvalue weighted by atomic mass is 19.1. The number of aromatic nitrogens is 3. The van der Waals surface area contributed by atoms with Crippen LogP contribution in [0.1, 0.15) is 127 Å². The van der Waals surface area contributed by atoms with Crippen molar-refractivity contribution in [1.29, 1.82) is 31.6 Å².